The van der Waals surface area contributed by atoms with Crippen molar-refractivity contribution in [2.45, 2.75) is 30.5 Å². The molecule has 1 rings (SSSR count). The van der Waals surface area contributed by atoms with Gasteiger partial charge in [0.05, 0.1) is 12.3 Å². The van der Waals surface area contributed by atoms with Gasteiger partial charge in [-0.05, 0) is 13.3 Å². The van der Waals surface area contributed by atoms with Crippen molar-refractivity contribution in [3.8, 4) is 0 Å². The number of ether oxygens (including phenoxy) is 1. The maximum Gasteiger partial charge on any atom is 0.252 e. The zero-order valence-corrected chi connectivity index (χ0v) is 12.2. The molecule has 98 valence electrons. The highest BCUT2D eigenvalue weighted by Gasteiger charge is 2.24. The Hall–Kier alpha value is -0.210. The zero-order chi connectivity index (χ0) is 13.1. The third-order valence-electron chi connectivity index (χ3n) is 2.15. The van der Waals surface area contributed by atoms with Crippen molar-refractivity contribution < 1.29 is 13.2 Å². The van der Waals surface area contributed by atoms with Crippen LogP contribution in [0.15, 0.2) is 4.21 Å². The van der Waals surface area contributed by atoms with Gasteiger partial charge in [-0.1, -0.05) is 29.9 Å². The molecule has 8 heteroatoms. The second kappa shape index (κ2) is 6.10. The summed E-state index contributed by atoms with van der Waals surface area (Å²) >= 11 is 6.65. The summed E-state index contributed by atoms with van der Waals surface area (Å²) in [5.74, 6) is 0. The Labute approximate surface area is 110 Å². The van der Waals surface area contributed by atoms with E-state index in [2.05, 4.69) is 9.71 Å². The molecule has 0 saturated heterocycles. The molecule has 1 aromatic rings. The lowest BCUT2D eigenvalue weighted by Gasteiger charge is -2.15. The van der Waals surface area contributed by atoms with Gasteiger partial charge in [0.1, 0.15) is 0 Å². The fraction of sp³-hybridized carbons (Fsp3) is 0.667. The van der Waals surface area contributed by atoms with Gasteiger partial charge in [0.15, 0.2) is 8.68 Å². The maximum absolute atomic E-state index is 12.1. The summed E-state index contributed by atoms with van der Waals surface area (Å²) in [6, 6.07) is -0.245. The average Bonchev–Trinajstić information content (AvgIpc) is 2.57. The van der Waals surface area contributed by atoms with Crippen LogP contribution in [0.2, 0.25) is 4.47 Å². The van der Waals surface area contributed by atoms with Crippen LogP contribution in [0.25, 0.3) is 0 Å². The Morgan fingerprint density at radius 1 is 1.59 bits per heavy atom. The second-order valence-electron chi connectivity index (χ2n) is 3.52. The van der Waals surface area contributed by atoms with E-state index < -0.39 is 10.0 Å². The molecule has 1 atom stereocenters. The van der Waals surface area contributed by atoms with Gasteiger partial charge >= 0.3 is 0 Å². The van der Waals surface area contributed by atoms with E-state index in [0.29, 0.717) is 18.7 Å². The molecule has 0 saturated carbocycles. The van der Waals surface area contributed by atoms with Gasteiger partial charge in [-0.2, -0.15) is 0 Å². The van der Waals surface area contributed by atoms with Crippen LogP contribution < -0.4 is 4.72 Å². The summed E-state index contributed by atoms with van der Waals surface area (Å²) in [4.78, 5) is 3.89. The fourth-order valence-corrected chi connectivity index (χ4v) is 4.37. The zero-order valence-electron chi connectivity index (χ0n) is 9.86. The molecule has 0 fully saturated rings. The summed E-state index contributed by atoms with van der Waals surface area (Å²) in [6.45, 7) is 3.84. The van der Waals surface area contributed by atoms with Crippen molar-refractivity contribution in [2.75, 3.05) is 13.7 Å². The molecule has 0 aromatic carbocycles. The number of aromatic nitrogens is 1. The van der Waals surface area contributed by atoms with Crippen LogP contribution in [0, 0.1) is 6.92 Å². The Morgan fingerprint density at radius 3 is 2.65 bits per heavy atom. The number of thiazole rings is 1. The summed E-state index contributed by atoms with van der Waals surface area (Å²) in [5.41, 5.74) is 0.416. The van der Waals surface area contributed by atoms with Crippen LogP contribution in [0.3, 0.4) is 0 Å². The summed E-state index contributed by atoms with van der Waals surface area (Å²) in [7, 11) is -2.03. The minimum atomic E-state index is -3.56. The van der Waals surface area contributed by atoms with Crippen molar-refractivity contribution >= 4 is 33.0 Å². The fourth-order valence-electron chi connectivity index (χ4n) is 1.31. The third-order valence-corrected chi connectivity index (χ3v) is 5.55. The number of nitrogens with zero attached hydrogens (tertiary/aromatic N) is 1. The van der Waals surface area contributed by atoms with Gasteiger partial charge in [0.25, 0.3) is 10.0 Å². The van der Waals surface area contributed by atoms with E-state index in [4.69, 9.17) is 16.3 Å². The van der Waals surface area contributed by atoms with Gasteiger partial charge in [-0.25, -0.2) is 18.1 Å². The predicted octanol–water partition coefficient (Wildman–Crippen LogP) is 1.81. The number of aryl methyl sites for hydroxylation is 1. The molecule has 0 spiro atoms. The van der Waals surface area contributed by atoms with E-state index in [0.717, 1.165) is 11.3 Å². The monoisotopic (exact) mass is 298 g/mol. The smallest absolute Gasteiger partial charge is 0.252 e. The topological polar surface area (TPSA) is 68.3 Å². The maximum atomic E-state index is 12.1. The molecule has 0 aliphatic rings. The van der Waals surface area contributed by atoms with Gasteiger partial charge in [-0.15, -0.1) is 0 Å². The minimum absolute atomic E-state index is 0.164. The average molecular weight is 299 g/mol. The number of hydrogen-bond acceptors (Lipinski definition) is 5. The first-order valence-corrected chi connectivity index (χ1v) is 7.72. The molecular formula is C9H15ClN2O3S2. The van der Waals surface area contributed by atoms with Crippen LogP contribution in [0.4, 0.5) is 0 Å². The number of hydrogen-bond donors (Lipinski definition) is 1. The molecule has 0 aliphatic carbocycles. The molecule has 1 heterocycles. The normalized spacial score (nSPS) is 13.9. The largest absolute Gasteiger partial charge is 0.383 e. The Bertz CT molecular complexity index is 473. The summed E-state index contributed by atoms with van der Waals surface area (Å²) < 4.78 is 32.0. The van der Waals surface area contributed by atoms with E-state index in [1.54, 1.807) is 6.92 Å². The highest BCUT2D eigenvalue weighted by atomic mass is 35.5. The molecular weight excluding hydrogens is 284 g/mol. The van der Waals surface area contributed by atoms with Crippen molar-refractivity contribution in [3.05, 3.63) is 10.2 Å². The number of methoxy groups -OCH3 is 1. The second-order valence-corrected chi connectivity index (χ2v) is 7.01. The SMILES string of the molecule is CCC(COC)NS(=O)(=O)c1sc(Cl)nc1C. The number of rotatable bonds is 6. The Kier molecular flexibility index (Phi) is 5.33. The lowest BCUT2D eigenvalue weighted by Crippen LogP contribution is -2.37. The van der Waals surface area contributed by atoms with Crippen molar-refractivity contribution in [1.29, 1.82) is 0 Å². The number of nitrogens with one attached hydrogen (secondary N) is 1. The summed E-state index contributed by atoms with van der Waals surface area (Å²) in [5, 5.41) is 0. The number of sulfonamides is 1. The molecule has 0 radical (unpaired) electrons. The number of halogens is 1. The predicted molar refractivity (Wildman–Crippen MR) is 68.1 cm³/mol. The van der Waals surface area contributed by atoms with E-state index >= 15 is 0 Å². The van der Waals surface area contributed by atoms with E-state index in [1.165, 1.54) is 7.11 Å². The third kappa shape index (κ3) is 3.89. The highest BCUT2D eigenvalue weighted by molar-refractivity contribution is 7.91. The van der Waals surface area contributed by atoms with E-state index in [-0.39, 0.29) is 14.7 Å². The molecule has 5 nitrogen and oxygen atoms in total. The van der Waals surface area contributed by atoms with Crippen LogP contribution >= 0.6 is 22.9 Å². The van der Waals surface area contributed by atoms with Gasteiger partial charge in [0, 0.05) is 13.2 Å². The quantitative estimate of drug-likeness (QED) is 0.869. The molecule has 1 N–H and O–H groups in total. The van der Waals surface area contributed by atoms with Crippen LogP contribution in [-0.4, -0.2) is 33.2 Å². The minimum Gasteiger partial charge on any atom is -0.383 e. The van der Waals surface area contributed by atoms with Crippen molar-refractivity contribution in [3.63, 3.8) is 0 Å². The van der Waals surface area contributed by atoms with Gasteiger partial charge in [-0.3, -0.25) is 0 Å². The Balaban J connectivity index is 2.92. The lowest BCUT2D eigenvalue weighted by atomic mass is 10.3. The highest BCUT2D eigenvalue weighted by Crippen LogP contribution is 2.26. The van der Waals surface area contributed by atoms with Gasteiger partial charge < -0.3 is 4.74 Å². The molecule has 0 amide bonds. The molecule has 17 heavy (non-hydrogen) atoms. The first kappa shape index (κ1) is 14.8. The van der Waals surface area contributed by atoms with Crippen LogP contribution in [0.5, 0.6) is 0 Å². The van der Waals surface area contributed by atoms with Crippen LogP contribution in [0.1, 0.15) is 19.0 Å². The molecule has 1 aromatic heterocycles. The van der Waals surface area contributed by atoms with E-state index in [9.17, 15) is 8.42 Å². The molecule has 1 unspecified atom stereocenters. The van der Waals surface area contributed by atoms with Crippen molar-refractivity contribution in [1.82, 2.24) is 9.71 Å². The van der Waals surface area contributed by atoms with Crippen molar-refractivity contribution in [2.24, 2.45) is 0 Å². The first-order valence-electron chi connectivity index (χ1n) is 5.05. The van der Waals surface area contributed by atoms with Gasteiger partial charge in [0.2, 0.25) is 0 Å². The van der Waals surface area contributed by atoms with Crippen LogP contribution in [-0.2, 0) is 14.8 Å². The lowest BCUT2D eigenvalue weighted by molar-refractivity contribution is 0.173. The molecule has 0 aliphatic heterocycles. The Morgan fingerprint density at radius 2 is 2.24 bits per heavy atom. The molecule has 0 bridgehead atoms. The summed E-state index contributed by atoms with van der Waals surface area (Å²) in [6.07, 6.45) is 0.651. The first-order chi connectivity index (χ1) is 7.90. The standard InChI is InChI=1S/C9H15ClN2O3S2/c1-4-7(5-15-3)12-17(13,14)8-6(2)11-9(10)16-8/h7,12H,4-5H2,1-3H3. The van der Waals surface area contributed by atoms with E-state index in [1.807, 2.05) is 6.92 Å².